The fourth-order valence-corrected chi connectivity index (χ4v) is 4.11. The van der Waals surface area contributed by atoms with E-state index in [2.05, 4.69) is 0 Å². The number of benzene rings is 2. The van der Waals surface area contributed by atoms with E-state index in [9.17, 15) is 14.7 Å². The van der Waals surface area contributed by atoms with Crippen molar-refractivity contribution in [2.45, 2.75) is 26.8 Å². The van der Waals surface area contributed by atoms with Gasteiger partial charge in [0.1, 0.15) is 17.3 Å². The van der Waals surface area contributed by atoms with Gasteiger partial charge >= 0.3 is 0 Å². The van der Waals surface area contributed by atoms with E-state index in [0.29, 0.717) is 29.2 Å². The van der Waals surface area contributed by atoms with Crippen LogP contribution in [0.3, 0.4) is 0 Å². The molecule has 3 rings (SSSR count). The number of nitrogens with zero attached hydrogens (tertiary/aromatic N) is 1. The first-order valence-electron chi connectivity index (χ1n) is 10.5. The van der Waals surface area contributed by atoms with Crippen molar-refractivity contribution in [3.05, 3.63) is 64.2 Å². The Morgan fingerprint density at radius 1 is 1.09 bits per heavy atom. The van der Waals surface area contributed by atoms with E-state index in [-0.39, 0.29) is 24.5 Å². The standard InChI is InChI=1S/C25H29NO6/c1-6-32-18-9-7-17(8-10-18)21-20(23(28)25(29)26(21)11-12-30-4)22(27)19-14-15(2)13-16(3)24(19)31-5/h7-10,13-14,21,27H,6,11-12H2,1-5H3/b22-20+. The topological polar surface area (TPSA) is 85.3 Å². The molecule has 1 unspecified atom stereocenters. The van der Waals surface area contributed by atoms with Crippen LogP contribution in [0.25, 0.3) is 5.76 Å². The fraction of sp³-hybridized carbons (Fsp3) is 0.360. The molecule has 1 amide bonds. The molecule has 2 aromatic carbocycles. The van der Waals surface area contributed by atoms with E-state index in [1.807, 2.05) is 26.8 Å². The smallest absolute Gasteiger partial charge is 0.295 e. The Hall–Kier alpha value is -3.32. The van der Waals surface area contributed by atoms with Gasteiger partial charge in [-0.25, -0.2) is 0 Å². The van der Waals surface area contributed by atoms with Crippen molar-refractivity contribution in [2.75, 3.05) is 34.0 Å². The molecule has 170 valence electrons. The van der Waals surface area contributed by atoms with Crippen molar-refractivity contribution in [3.8, 4) is 11.5 Å². The molecule has 1 heterocycles. The summed E-state index contributed by atoms with van der Waals surface area (Å²) in [6, 6.07) is 10.1. The summed E-state index contributed by atoms with van der Waals surface area (Å²) in [7, 11) is 3.04. The monoisotopic (exact) mass is 439 g/mol. The van der Waals surface area contributed by atoms with Gasteiger partial charge < -0.3 is 24.2 Å². The van der Waals surface area contributed by atoms with Gasteiger partial charge in [-0.15, -0.1) is 0 Å². The van der Waals surface area contributed by atoms with E-state index in [1.54, 1.807) is 30.3 Å². The van der Waals surface area contributed by atoms with Gasteiger partial charge in [0.05, 0.1) is 37.5 Å². The van der Waals surface area contributed by atoms with E-state index in [4.69, 9.17) is 14.2 Å². The van der Waals surface area contributed by atoms with Crippen LogP contribution in [0, 0.1) is 13.8 Å². The minimum Gasteiger partial charge on any atom is -0.507 e. The van der Waals surface area contributed by atoms with Crippen LogP contribution < -0.4 is 9.47 Å². The molecule has 7 heteroatoms. The number of aliphatic hydroxyl groups excluding tert-OH is 1. The van der Waals surface area contributed by atoms with Crippen molar-refractivity contribution in [2.24, 2.45) is 0 Å². The number of methoxy groups -OCH3 is 2. The van der Waals surface area contributed by atoms with Gasteiger partial charge in [-0.2, -0.15) is 0 Å². The van der Waals surface area contributed by atoms with Crippen LogP contribution in [0.2, 0.25) is 0 Å². The number of rotatable bonds is 8. The highest BCUT2D eigenvalue weighted by molar-refractivity contribution is 6.46. The van der Waals surface area contributed by atoms with Gasteiger partial charge in [0.25, 0.3) is 11.7 Å². The van der Waals surface area contributed by atoms with Crippen LogP contribution in [-0.2, 0) is 14.3 Å². The second-order valence-corrected chi connectivity index (χ2v) is 7.65. The van der Waals surface area contributed by atoms with Gasteiger partial charge in [-0.1, -0.05) is 18.2 Å². The normalized spacial score (nSPS) is 17.7. The summed E-state index contributed by atoms with van der Waals surface area (Å²) < 4.78 is 16.2. The van der Waals surface area contributed by atoms with Crippen LogP contribution >= 0.6 is 0 Å². The number of aryl methyl sites for hydroxylation is 2. The number of ketones is 1. The Bertz CT molecular complexity index is 1040. The van der Waals surface area contributed by atoms with Gasteiger partial charge in [0.15, 0.2) is 0 Å². The van der Waals surface area contributed by atoms with Crippen LogP contribution in [-0.4, -0.2) is 55.7 Å². The van der Waals surface area contributed by atoms with Crippen molar-refractivity contribution in [1.29, 1.82) is 0 Å². The fourth-order valence-electron chi connectivity index (χ4n) is 4.11. The number of hydrogen-bond donors (Lipinski definition) is 1. The Morgan fingerprint density at radius 2 is 1.78 bits per heavy atom. The summed E-state index contributed by atoms with van der Waals surface area (Å²) in [4.78, 5) is 27.5. The molecular formula is C25H29NO6. The first-order valence-corrected chi connectivity index (χ1v) is 10.5. The number of carbonyl (C=O) groups is 2. The molecule has 32 heavy (non-hydrogen) atoms. The lowest BCUT2D eigenvalue weighted by Crippen LogP contribution is -2.32. The summed E-state index contributed by atoms with van der Waals surface area (Å²) in [6.45, 7) is 6.64. The van der Waals surface area contributed by atoms with E-state index in [1.165, 1.54) is 19.1 Å². The van der Waals surface area contributed by atoms with Crippen LogP contribution in [0.4, 0.5) is 0 Å². The summed E-state index contributed by atoms with van der Waals surface area (Å²) in [5, 5.41) is 11.3. The second-order valence-electron chi connectivity index (χ2n) is 7.65. The predicted octanol–water partition coefficient (Wildman–Crippen LogP) is 3.78. The lowest BCUT2D eigenvalue weighted by atomic mass is 9.93. The minimum absolute atomic E-state index is 0.0264. The van der Waals surface area contributed by atoms with Crippen molar-refractivity contribution >= 4 is 17.4 Å². The van der Waals surface area contributed by atoms with E-state index < -0.39 is 17.7 Å². The Labute approximate surface area is 188 Å². The molecule has 0 spiro atoms. The minimum atomic E-state index is -0.758. The lowest BCUT2D eigenvalue weighted by Gasteiger charge is -2.25. The molecule has 1 fully saturated rings. The highest BCUT2D eigenvalue weighted by Crippen LogP contribution is 2.42. The van der Waals surface area contributed by atoms with Gasteiger partial charge in [0.2, 0.25) is 0 Å². The van der Waals surface area contributed by atoms with E-state index in [0.717, 1.165) is 11.1 Å². The Kier molecular flexibility index (Phi) is 7.20. The summed E-state index contributed by atoms with van der Waals surface area (Å²) >= 11 is 0. The molecule has 1 N–H and O–H groups in total. The molecule has 0 radical (unpaired) electrons. The zero-order valence-corrected chi connectivity index (χ0v) is 19.1. The molecule has 0 bridgehead atoms. The third kappa shape index (κ3) is 4.34. The van der Waals surface area contributed by atoms with Crippen LogP contribution in [0.15, 0.2) is 42.0 Å². The van der Waals surface area contributed by atoms with Crippen LogP contribution in [0.5, 0.6) is 11.5 Å². The maximum atomic E-state index is 13.1. The molecule has 0 aliphatic carbocycles. The average Bonchev–Trinajstić information content (AvgIpc) is 3.02. The number of carbonyl (C=O) groups excluding carboxylic acids is 2. The molecule has 7 nitrogen and oxygen atoms in total. The second kappa shape index (κ2) is 9.87. The molecule has 0 aromatic heterocycles. The van der Waals surface area contributed by atoms with Gasteiger partial charge in [-0.05, 0) is 55.7 Å². The highest BCUT2D eigenvalue weighted by atomic mass is 16.5. The zero-order valence-electron chi connectivity index (χ0n) is 19.1. The van der Waals surface area contributed by atoms with Crippen molar-refractivity contribution in [3.63, 3.8) is 0 Å². The first kappa shape index (κ1) is 23.3. The van der Waals surface area contributed by atoms with Gasteiger partial charge in [-0.3, -0.25) is 9.59 Å². The average molecular weight is 440 g/mol. The van der Waals surface area contributed by atoms with E-state index >= 15 is 0 Å². The number of amides is 1. The maximum Gasteiger partial charge on any atom is 0.295 e. The number of likely N-dealkylation sites (tertiary alicyclic amines) is 1. The van der Waals surface area contributed by atoms with Crippen LogP contribution in [0.1, 0.15) is 35.2 Å². The molecule has 1 saturated heterocycles. The molecule has 0 saturated carbocycles. The summed E-state index contributed by atoms with van der Waals surface area (Å²) in [5.74, 6) is -0.530. The third-order valence-electron chi connectivity index (χ3n) is 5.46. The third-order valence-corrected chi connectivity index (χ3v) is 5.46. The first-order chi connectivity index (χ1) is 15.3. The molecule has 1 aliphatic rings. The number of ether oxygens (including phenoxy) is 3. The van der Waals surface area contributed by atoms with Crippen molar-refractivity contribution < 1.29 is 28.9 Å². The highest BCUT2D eigenvalue weighted by Gasteiger charge is 2.46. The molecule has 1 aliphatic heterocycles. The summed E-state index contributed by atoms with van der Waals surface area (Å²) in [5.41, 5.74) is 2.81. The Balaban J connectivity index is 2.21. The molecular weight excluding hydrogens is 410 g/mol. The number of aliphatic hydroxyl groups is 1. The largest absolute Gasteiger partial charge is 0.507 e. The zero-order chi connectivity index (χ0) is 23.4. The SMILES string of the molecule is CCOc1ccc(C2/C(=C(\O)c3cc(C)cc(C)c3OC)C(=O)C(=O)N2CCOC)cc1. The number of Topliss-reactive ketones (excluding diaryl/α,β-unsaturated/α-hetero) is 1. The number of hydrogen-bond acceptors (Lipinski definition) is 6. The Morgan fingerprint density at radius 3 is 2.38 bits per heavy atom. The summed E-state index contributed by atoms with van der Waals surface area (Å²) in [6.07, 6.45) is 0. The van der Waals surface area contributed by atoms with Gasteiger partial charge in [0, 0.05) is 13.7 Å². The predicted molar refractivity (Wildman–Crippen MR) is 121 cm³/mol. The maximum absolute atomic E-state index is 13.1. The lowest BCUT2D eigenvalue weighted by molar-refractivity contribution is -0.140. The molecule has 1 atom stereocenters. The van der Waals surface area contributed by atoms with Crippen molar-refractivity contribution in [1.82, 2.24) is 4.90 Å². The quantitative estimate of drug-likeness (QED) is 0.383. The molecule has 2 aromatic rings.